The smallest absolute Gasteiger partial charge is 0.228 e. The summed E-state index contributed by atoms with van der Waals surface area (Å²) < 4.78 is 0. The van der Waals surface area contributed by atoms with Gasteiger partial charge in [0.15, 0.2) is 0 Å². The third kappa shape index (κ3) is 5.53. The van der Waals surface area contributed by atoms with E-state index in [2.05, 4.69) is 46.7 Å². The van der Waals surface area contributed by atoms with Gasteiger partial charge >= 0.3 is 0 Å². The number of aliphatic hydroxyl groups is 1. The topological polar surface area (TPSA) is 92.9 Å². The van der Waals surface area contributed by atoms with Crippen molar-refractivity contribution in [1.29, 1.82) is 0 Å². The van der Waals surface area contributed by atoms with Gasteiger partial charge in [-0.05, 0) is 49.1 Å². The Morgan fingerprint density at radius 2 is 1.78 bits per heavy atom. The minimum atomic E-state index is -0.853. The Morgan fingerprint density at radius 3 is 2.38 bits per heavy atom. The number of tetrazole rings is 1. The first-order chi connectivity index (χ1) is 15.1. The summed E-state index contributed by atoms with van der Waals surface area (Å²) in [6.45, 7) is 9.74. The number of nitrogens with one attached hydrogen (secondary N) is 1. The molecule has 8 heteroatoms. The molecule has 0 saturated carbocycles. The Morgan fingerprint density at radius 1 is 1.12 bits per heavy atom. The Labute approximate surface area is 193 Å². The number of rotatable bonds is 8. The molecule has 0 aliphatic heterocycles. The van der Waals surface area contributed by atoms with E-state index in [4.69, 9.17) is 11.6 Å². The van der Waals surface area contributed by atoms with Gasteiger partial charge in [0.2, 0.25) is 11.7 Å². The number of aliphatic hydroxyl groups excluding tert-OH is 1. The molecule has 170 valence electrons. The molecule has 3 rings (SSSR count). The van der Waals surface area contributed by atoms with E-state index < -0.39 is 17.6 Å². The van der Waals surface area contributed by atoms with E-state index in [1.807, 2.05) is 18.2 Å². The Kier molecular flexibility index (Phi) is 7.31. The quantitative estimate of drug-likeness (QED) is 0.525. The number of carbonyl (C=O) groups is 1. The molecule has 2 aromatic carbocycles. The van der Waals surface area contributed by atoms with E-state index in [-0.39, 0.29) is 12.5 Å². The van der Waals surface area contributed by atoms with E-state index in [0.717, 1.165) is 5.56 Å². The number of nitrogens with zero attached hydrogens (tertiary/aromatic N) is 4. The molecule has 3 aromatic rings. The molecular formula is C24H30ClN5O2. The molecule has 2 unspecified atom stereocenters. The SMILES string of the molecule is CC(C)c1ccc(-c2nnn(CC(C)(C)C(=O)NC(c3ccccc3Cl)C(C)O)n2)cc1. The summed E-state index contributed by atoms with van der Waals surface area (Å²) in [6.07, 6.45) is -0.820. The molecule has 0 fully saturated rings. The van der Waals surface area contributed by atoms with Gasteiger partial charge in [0, 0.05) is 10.6 Å². The molecule has 0 aliphatic carbocycles. The van der Waals surface area contributed by atoms with Crippen LogP contribution in [0.2, 0.25) is 5.02 Å². The summed E-state index contributed by atoms with van der Waals surface area (Å²) in [5.41, 5.74) is 1.92. The van der Waals surface area contributed by atoms with Gasteiger partial charge in [-0.1, -0.05) is 67.9 Å². The first kappa shape index (κ1) is 23.9. The average Bonchev–Trinajstić information content (AvgIpc) is 3.20. The van der Waals surface area contributed by atoms with Crippen LogP contribution < -0.4 is 5.32 Å². The molecule has 2 N–H and O–H groups in total. The standard InChI is InChI=1S/C24H30ClN5O2/c1-15(2)17-10-12-18(13-11-17)22-27-29-30(28-22)14-24(4,5)23(32)26-21(16(3)31)19-8-6-7-9-20(19)25/h6-13,15-16,21,31H,14H2,1-5H3,(H,26,32). The molecule has 32 heavy (non-hydrogen) atoms. The van der Waals surface area contributed by atoms with Crippen molar-refractivity contribution in [2.45, 2.75) is 59.2 Å². The normalized spacial score (nSPS) is 13.8. The van der Waals surface area contributed by atoms with Gasteiger partial charge in [-0.15, -0.1) is 10.2 Å². The van der Waals surface area contributed by atoms with Crippen LogP contribution in [-0.4, -0.2) is 37.3 Å². The minimum absolute atomic E-state index is 0.227. The summed E-state index contributed by atoms with van der Waals surface area (Å²) in [5.74, 6) is 0.709. The van der Waals surface area contributed by atoms with Crippen LogP contribution in [0, 0.1) is 5.41 Å². The average molecular weight is 456 g/mol. The molecule has 0 bridgehead atoms. The predicted octanol–water partition coefficient (Wildman–Crippen LogP) is 4.38. The zero-order chi connectivity index (χ0) is 23.5. The van der Waals surface area contributed by atoms with Crippen LogP contribution in [0.15, 0.2) is 48.5 Å². The van der Waals surface area contributed by atoms with Crippen molar-refractivity contribution in [2.24, 2.45) is 5.41 Å². The molecule has 1 aromatic heterocycles. The number of aromatic nitrogens is 4. The van der Waals surface area contributed by atoms with E-state index in [0.29, 0.717) is 22.3 Å². The van der Waals surface area contributed by atoms with Crippen molar-refractivity contribution in [3.63, 3.8) is 0 Å². The maximum absolute atomic E-state index is 13.1. The maximum Gasteiger partial charge on any atom is 0.228 e. The lowest BCUT2D eigenvalue weighted by molar-refractivity contribution is -0.132. The molecule has 1 amide bonds. The highest BCUT2D eigenvalue weighted by Gasteiger charge is 2.33. The zero-order valence-electron chi connectivity index (χ0n) is 19.1. The van der Waals surface area contributed by atoms with Gasteiger partial charge in [-0.25, -0.2) is 0 Å². The van der Waals surface area contributed by atoms with Crippen molar-refractivity contribution in [3.05, 3.63) is 64.7 Å². The summed E-state index contributed by atoms with van der Waals surface area (Å²) in [7, 11) is 0. The molecule has 0 spiro atoms. The van der Waals surface area contributed by atoms with Crippen molar-refractivity contribution in [3.8, 4) is 11.4 Å². The number of hydrogen-bond acceptors (Lipinski definition) is 5. The van der Waals surface area contributed by atoms with Gasteiger partial charge in [0.1, 0.15) is 0 Å². The number of amides is 1. The molecule has 2 atom stereocenters. The van der Waals surface area contributed by atoms with Crippen LogP contribution in [0.4, 0.5) is 0 Å². The number of hydrogen-bond donors (Lipinski definition) is 2. The van der Waals surface area contributed by atoms with Crippen LogP contribution in [0.25, 0.3) is 11.4 Å². The van der Waals surface area contributed by atoms with E-state index >= 15 is 0 Å². The zero-order valence-corrected chi connectivity index (χ0v) is 19.8. The van der Waals surface area contributed by atoms with Crippen LogP contribution in [0.3, 0.4) is 0 Å². The van der Waals surface area contributed by atoms with Crippen LogP contribution in [0.5, 0.6) is 0 Å². The Hall–Kier alpha value is -2.77. The largest absolute Gasteiger partial charge is 0.391 e. The molecular weight excluding hydrogens is 426 g/mol. The lowest BCUT2D eigenvalue weighted by Crippen LogP contribution is -2.44. The van der Waals surface area contributed by atoms with Gasteiger partial charge in [-0.2, -0.15) is 4.80 Å². The highest BCUT2D eigenvalue weighted by atomic mass is 35.5. The highest BCUT2D eigenvalue weighted by Crippen LogP contribution is 2.27. The Bertz CT molecular complexity index is 1060. The number of halogens is 1. The monoisotopic (exact) mass is 455 g/mol. The van der Waals surface area contributed by atoms with Crippen molar-refractivity contribution < 1.29 is 9.90 Å². The fourth-order valence-electron chi connectivity index (χ4n) is 3.39. The minimum Gasteiger partial charge on any atom is -0.391 e. The van der Waals surface area contributed by atoms with Crippen molar-refractivity contribution in [2.75, 3.05) is 0 Å². The van der Waals surface area contributed by atoms with Crippen LogP contribution >= 0.6 is 11.6 Å². The third-order valence-electron chi connectivity index (χ3n) is 5.45. The second-order valence-electron chi connectivity index (χ2n) is 9.02. The molecule has 7 nitrogen and oxygen atoms in total. The van der Waals surface area contributed by atoms with E-state index in [9.17, 15) is 9.90 Å². The fourth-order valence-corrected chi connectivity index (χ4v) is 3.64. The Balaban J connectivity index is 1.72. The second kappa shape index (κ2) is 9.79. The first-order valence-electron chi connectivity index (χ1n) is 10.7. The lowest BCUT2D eigenvalue weighted by atomic mass is 9.91. The lowest BCUT2D eigenvalue weighted by Gasteiger charge is -2.29. The summed E-state index contributed by atoms with van der Waals surface area (Å²) >= 11 is 6.28. The summed E-state index contributed by atoms with van der Waals surface area (Å²) in [4.78, 5) is 14.5. The third-order valence-corrected chi connectivity index (χ3v) is 5.79. The molecule has 0 radical (unpaired) electrons. The molecule has 0 saturated heterocycles. The maximum atomic E-state index is 13.1. The first-order valence-corrected chi connectivity index (χ1v) is 11.1. The van der Waals surface area contributed by atoms with Crippen molar-refractivity contribution in [1.82, 2.24) is 25.5 Å². The van der Waals surface area contributed by atoms with Crippen LogP contribution in [0.1, 0.15) is 57.7 Å². The number of carbonyl (C=O) groups excluding carboxylic acids is 1. The van der Waals surface area contributed by atoms with Crippen LogP contribution in [-0.2, 0) is 11.3 Å². The highest BCUT2D eigenvalue weighted by molar-refractivity contribution is 6.31. The molecule has 0 aliphatic rings. The summed E-state index contributed by atoms with van der Waals surface area (Å²) in [6, 6.07) is 14.6. The van der Waals surface area contributed by atoms with Crippen molar-refractivity contribution >= 4 is 17.5 Å². The number of benzene rings is 2. The van der Waals surface area contributed by atoms with Gasteiger partial charge in [0.25, 0.3) is 0 Å². The van der Waals surface area contributed by atoms with Gasteiger partial charge in [-0.3, -0.25) is 4.79 Å². The van der Waals surface area contributed by atoms with Gasteiger partial charge in [0.05, 0.1) is 24.1 Å². The van der Waals surface area contributed by atoms with E-state index in [1.165, 1.54) is 10.4 Å². The summed E-state index contributed by atoms with van der Waals surface area (Å²) in [5, 5.41) is 26.4. The fraction of sp³-hybridized carbons (Fsp3) is 0.417. The second-order valence-corrected chi connectivity index (χ2v) is 9.42. The van der Waals surface area contributed by atoms with E-state index in [1.54, 1.807) is 39.0 Å². The predicted molar refractivity (Wildman–Crippen MR) is 125 cm³/mol. The molecule has 1 heterocycles. The van der Waals surface area contributed by atoms with Gasteiger partial charge < -0.3 is 10.4 Å².